The van der Waals surface area contributed by atoms with E-state index < -0.39 is 15.3 Å². The third kappa shape index (κ3) is 1470. The molecule has 0 bridgehead atoms. The molecular weight excluding hydrogens is 288 g/mol. The first kappa shape index (κ1) is 29.2. The summed E-state index contributed by atoms with van der Waals surface area (Å²) >= 11 is 0. The third-order valence-corrected chi connectivity index (χ3v) is 0. The van der Waals surface area contributed by atoms with Crippen LogP contribution in [0.5, 0.6) is 0 Å². The molecule has 0 saturated carbocycles. The van der Waals surface area contributed by atoms with Gasteiger partial charge in [-0.15, -0.1) is 20.2 Å². The van der Waals surface area contributed by atoms with Crippen LogP contribution in [0.4, 0.5) is 0 Å². The van der Waals surface area contributed by atoms with Crippen LogP contribution in [0, 0.1) is 35.6 Å². The summed E-state index contributed by atoms with van der Waals surface area (Å²) in [7, 11) is 0. The van der Waals surface area contributed by atoms with Crippen molar-refractivity contribution >= 4 is 17.1 Å². The SMILES string of the molecule is O=[N+]([O-])O.O=[N+]([O-])O.O=[N+]([O-])[O-].[Na+].[SeH2]. The molecule has 12 nitrogen and oxygen atoms in total. The Balaban J connectivity index is -0.0000000270. The Morgan fingerprint density at radius 3 is 0.786 bits per heavy atom. The van der Waals surface area contributed by atoms with Crippen molar-refractivity contribution in [3.8, 4) is 0 Å². The molecule has 0 aliphatic rings. The molecule has 0 unspecified atom stereocenters. The summed E-state index contributed by atoms with van der Waals surface area (Å²) < 4.78 is 0. The molecule has 0 aliphatic heterocycles. The van der Waals surface area contributed by atoms with Gasteiger partial charge in [0, 0.05) is 0 Å². The molecule has 0 rings (SSSR count). The molecule has 0 aromatic heterocycles. The molecule has 80 valence electrons. The zero-order chi connectivity index (χ0) is 10.7. The Bertz CT molecular complexity index is 118. The molecular formula is H4N3NaO9Se. The van der Waals surface area contributed by atoms with Crippen LogP contribution in [0.25, 0.3) is 0 Å². The number of nitrogens with zero attached hydrogens (tertiary/aromatic N) is 3. The van der Waals surface area contributed by atoms with Crippen LogP contribution >= 0.6 is 0 Å². The molecule has 2 N–H and O–H groups in total. The van der Waals surface area contributed by atoms with Crippen molar-refractivity contribution in [2.75, 3.05) is 0 Å². The number of hydrogen-bond acceptors (Lipinski definition) is 7. The molecule has 0 aliphatic carbocycles. The Morgan fingerprint density at radius 1 is 0.786 bits per heavy atom. The van der Waals surface area contributed by atoms with E-state index in [4.69, 9.17) is 46.0 Å². The number of hydrogen-bond donors (Lipinski definition) is 2. The van der Waals surface area contributed by atoms with Gasteiger partial charge in [-0.2, -0.15) is 0 Å². The van der Waals surface area contributed by atoms with Crippen molar-refractivity contribution in [3.63, 3.8) is 0 Å². The van der Waals surface area contributed by atoms with E-state index in [-0.39, 0.29) is 46.6 Å². The quantitative estimate of drug-likeness (QED) is 0.250. The summed E-state index contributed by atoms with van der Waals surface area (Å²) in [5.74, 6) is 0. The summed E-state index contributed by atoms with van der Waals surface area (Å²) in [6, 6.07) is 0. The molecule has 0 heterocycles. The Labute approximate surface area is 108 Å². The van der Waals surface area contributed by atoms with E-state index in [1.54, 1.807) is 0 Å². The van der Waals surface area contributed by atoms with Gasteiger partial charge in [0.15, 0.2) is 0 Å². The van der Waals surface area contributed by atoms with Gasteiger partial charge in [0.2, 0.25) is 0 Å². The maximum absolute atomic E-state index is 8.36. The van der Waals surface area contributed by atoms with Crippen LogP contribution in [-0.4, -0.2) is 42.7 Å². The fourth-order valence-electron chi connectivity index (χ4n) is 0. The van der Waals surface area contributed by atoms with Gasteiger partial charge in [0.1, 0.15) is 0 Å². The van der Waals surface area contributed by atoms with Crippen molar-refractivity contribution in [1.82, 2.24) is 0 Å². The fourth-order valence-corrected chi connectivity index (χ4v) is 0. The summed E-state index contributed by atoms with van der Waals surface area (Å²) in [6.07, 6.45) is 0. The van der Waals surface area contributed by atoms with E-state index in [2.05, 4.69) is 0 Å². The Hall–Kier alpha value is -0.881. The first-order valence-electron chi connectivity index (χ1n) is 1.68. The van der Waals surface area contributed by atoms with Crippen molar-refractivity contribution < 1.29 is 55.2 Å². The van der Waals surface area contributed by atoms with Gasteiger partial charge in [0.05, 0.1) is 5.09 Å². The van der Waals surface area contributed by atoms with Gasteiger partial charge in [-0.1, -0.05) is 0 Å². The van der Waals surface area contributed by atoms with Gasteiger partial charge < -0.3 is 25.7 Å². The van der Waals surface area contributed by atoms with Gasteiger partial charge in [0.25, 0.3) is 10.2 Å². The second kappa shape index (κ2) is 22.7. The fraction of sp³-hybridized carbons (Fsp3) is 0. The second-order valence-corrected chi connectivity index (χ2v) is 0.699. The Kier molecular flexibility index (Phi) is 47.5. The van der Waals surface area contributed by atoms with E-state index in [1.165, 1.54) is 0 Å². The van der Waals surface area contributed by atoms with Gasteiger partial charge >= 0.3 is 46.6 Å². The average Bonchev–Trinajstić information content (AvgIpc) is 1.54. The molecule has 14 heteroatoms. The van der Waals surface area contributed by atoms with Crippen LogP contribution in [-0.2, 0) is 0 Å². The van der Waals surface area contributed by atoms with Crippen molar-refractivity contribution in [3.05, 3.63) is 35.6 Å². The standard InChI is InChI=1S/2HNO3.NO3.Na.H2Se/c3*2-1(3)4;;/h2*(H,2,3,4);;;1H2/q;;-1;+1;. The van der Waals surface area contributed by atoms with Crippen LogP contribution in [0.1, 0.15) is 0 Å². The van der Waals surface area contributed by atoms with Crippen molar-refractivity contribution in [1.29, 1.82) is 0 Å². The molecule has 0 aromatic rings. The molecule has 0 saturated heterocycles. The minimum absolute atomic E-state index is 0. The molecule has 0 aromatic carbocycles. The average molecular weight is 292 g/mol. The molecule has 0 fully saturated rings. The zero-order valence-corrected chi connectivity index (χ0v) is 10.7. The molecule has 14 heavy (non-hydrogen) atoms. The van der Waals surface area contributed by atoms with E-state index in [0.29, 0.717) is 0 Å². The van der Waals surface area contributed by atoms with E-state index in [0.717, 1.165) is 0 Å². The van der Waals surface area contributed by atoms with Crippen LogP contribution in [0.3, 0.4) is 0 Å². The molecule has 0 spiro atoms. The van der Waals surface area contributed by atoms with Crippen molar-refractivity contribution in [2.45, 2.75) is 0 Å². The Morgan fingerprint density at radius 2 is 0.786 bits per heavy atom. The molecule has 0 amide bonds. The van der Waals surface area contributed by atoms with E-state index in [1.807, 2.05) is 0 Å². The van der Waals surface area contributed by atoms with E-state index in [9.17, 15) is 0 Å². The summed E-state index contributed by atoms with van der Waals surface area (Å²) in [6.45, 7) is 0. The summed E-state index contributed by atoms with van der Waals surface area (Å²) in [4.78, 5) is 25.0. The third-order valence-electron chi connectivity index (χ3n) is 0. The first-order valence-corrected chi connectivity index (χ1v) is 1.68. The van der Waals surface area contributed by atoms with Gasteiger partial charge in [-0.25, -0.2) is 0 Å². The predicted octanol–water partition coefficient (Wildman–Crippen LogP) is -4.85. The predicted molar refractivity (Wildman–Crippen MR) is 36.5 cm³/mol. The summed E-state index contributed by atoms with van der Waals surface area (Å²) in [5, 5.41) is 42.0. The number of rotatable bonds is 0. The van der Waals surface area contributed by atoms with Crippen LogP contribution in [0.15, 0.2) is 0 Å². The normalized spacial score (nSPS) is 5.14. The maximum atomic E-state index is 8.36. The topological polar surface area (TPSA) is 193 Å². The molecule has 0 atom stereocenters. The van der Waals surface area contributed by atoms with Crippen LogP contribution < -0.4 is 29.6 Å². The minimum atomic E-state index is -1.75. The van der Waals surface area contributed by atoms with E-state index >= 15 is 0 Å². The van der Waals surface area contributed by atoms with Crippen molar-refractivity contribution in [2.24, 2.45) is 0 Å². The first-order chi connectivity index (χ1) is 5.20. The van der Waals surface area contributed by atoms with Crippen LogP contribution in [0.2, 0.25) is 0 Å². The second-order valence-electron chi connectivity index (χ2n) is 0.699. The summed E-state index contributed by atoms with van der Waals surface area (Å²) in [5.41, 5.74) is 0. The zero-order valence-electron chi connectivity index (χ0n) is 6.59. The van der Waals surface area contributed by atoms with Gasteiger partial charge in [-0.05, 0) is 0 Å². The monoisotopic (exact) mass is 293 g/mol. The van der Waals surface area contributed by atoms with Gasteiger partial charge in [-0.3, -0.25) is 0 Å². The molecule has 0 radical (unpaired) electrons.